The first-order chi connectivity index (χ1) is 9.49. The maximum absolute atomic E-state index is 12.1. The SMILES string of the molecule is CC(C)[C@H](NC(=O)c1cnc2ccccc2c1)C(=O)O. The van der Waals surface area contributed by atoms with Crippen molar-refractivity contribution in [3.63, 3.8) is 0 Å². The Morgan fingerprint density at radius 3 is 2.60 bits per heavy atom. The zero-order valence-electron chi connectivity index (χ0n) is 11.3. The molecular formula is C15H16N2O3. The fourth-order valence-electron chi connectivity index (χ4n) is 1.93. The molecule has 0 saturated carbocycles. The first-order valence-electron chi connectivity index (χ1n) is 6.37. The molecule has 1 aromatic carbocycles. The first kappa shape index (κ1) is 14.0. The predicted octanol–water partition coefficient (Wildman–Crippen LogP) is 2.07. The van der Waals surface area contributed by atoms with Crippen molar-refractivity contribution in [2.45, 2.75) is 19.9 Å². The van der Waals surface area contributed by atoms with Crippen LogP contribution in [0.3, 0.4) is 0 Å². The number of rotatable bonds is 4. The van der Waals surface area contributed by atoms with Gasteiger partial charge in [-0.15, -0.1) is 0 Å². The Balaban J connectivity index is 2.24. The van der Waals surface area contributed by atoms with E-state index in [-0.39, 0.29) is 5.92 Å². The molecule has 0 aliphatic heterocycles. The summed E-state index contributed by atoms with van der Waals surface area (Å²) < 4.78 is 0. The van der Waals surface area contributed by atoms with Gasteiger partial charge in [0.05, 0.1) is 11.1 Å². The normalized spacial score (nSPS) is 12.3. The summed E-state index contributed by atoms with van der Waals surface area (Å²) in [5.41, 5.74) is 1.15. The van der Waals surface area contributed by atoms with Gasteiger partial charge in [-0.25, -0.2) is 4.79 Å². The zero-order valence-corrected chi connectivity index (χ0v) is 11.3. The van der Waals surface area contributed by atoms with E-state index in [1.165, 1.54) is 6.20 Å². The van der Waals surface area contributed by atoms with Gasteiger partial charge in [0, 0.05) is 11.6 Å². The topological polar surface area (TPSA) is 79.3 Å². The van der Waals surface area contributed by atoms with Gasteiger partial charge in [-0.2, -0.15) is 0 Å². The van der Waals surface area contributed by atoms with Crippen molar-refractivity contribution in [2.24, 2.45) is 5.92 Å². The molecule has 104 valence electrons. The Labute approximate surface area is 116 Å². The largest absolute Gasteiger partial charge is 0.480 e. The summed E-state index contributed by atoms with van der Waals surface area (Å²) in [5.74, 6) is -1.66. The van der Waals surface area contributed by atoms with Crippen LogP contribution in [-0.4, -0.2) is 28.0 Å². The molecule has 0 bridgehead atoms. The average molecular weight is 272 g/mol. The number of carboxylic acids is 1. The summed E-state index contributed by atoms with van der Waals surface area (Å²) in [6, 6.07) is 8.24. The van der Waals surface area contributed by atoms with Crippen LogP contribution < -0.4 is 5.32 Å². The molecule has 5 heteroatoms. The van der Waals surface area contributed by atoms with Crippen molar-refractivity contribution in [1.29, 1.82) is 0 Å². The second-order valence-electron chi connectivity index (χ2n) is 4.95. The molecule has 0 aliphatic rings. The quantitative estimate of drug-likeness (QED) is 0.893. The van der Waals surface area contributed by atoms with Crippen LogP contribution in [0.15, 0.2) is 36.5 Å². The Bertz CT molecular complexity index is 652. The van der Waals surface area contributed by atoms with Crippen molar-refractivity contribution in [2.75, 3.05) is 0 Å². The molecule has 1 atom stereocenters. The van der Waals surface area contributed by atoms with E-state index in [1.807, 2.05) is 24.3 Å². The van der Waals surface area contributed by atoms with Gasteiger partial charge in [-0.3, -0.25) is 9.78 Å². The van der Waals surface area contributed by atoms with Crippen LogP contribution >= 0.6 is 0 Å². The van der Waals surface area contributed by atoms with Gasteiger partial charge >= 0.3 is 5.97 Å². The van der Waals surface area contributed by atoms with Crippen molar-refractivity contribution >= 4 is 22.8 Å². The zero-order chi connectivity index (χ0) is 14.7. The minimum Gasteiger partial charge on any atom is -0.480 e. The third-order valence-corrected chi connectivity index (χ3v) is 3.07. The van der Waals surface area contributed by atoms with Crippen LogP contribution in [0.5, 0.6) is 0 Å². The van der Waals surface area contributed by atoms with Crippen LogP contribution in [0.4, 0.5) is 0 Å². The molecule has 2 aromatic rings. The third kappa shape index (κ3) is 2.93. The number of nitrogens with zero attached hydrogens (tertiary/aromatic N) is 1. The molecule has 0 spiro atoms. The lowest BCUT2D eigenvalue weighted by molar-refractivity contribution is -0.140. The number of hydrogen-bond donors (Lipinski definition) is 2. The Morgan fingerprint density at radius 2 is 1.95 bits per heavy atom. The van der Waals surface area contributed by atoms with E-state index in [9.17, 15) is 9.59 Å². The van der Waals surface area contributed by atoms with Crippen molar-refractivity contribution < 1.29 is 14.7 Å². The number of benzene rings is 1. The smallest absolute Gasteiger partial charge is 0.326 e. The van der Waals surface area contributed by atoms with Gasteiger partial charge in [0.25, 0.3) is 5.91 Å². The number of carbonyl (C=O) groups is 2. The monoisotopic (exact) mass is 272 g/mol. The van der Waals surface area contributed by atoms with Crippen LogP contribution in [-0.2, 0) is 4.79 Å². The maximum atomic E-state index is 12.1. The van der Waals surface area contributed by atoms with E-state index in [4.69, 9.17) is 5.11 Å². The molecule has 0 unspecified atom stereocenters. The lowest BCUT2D eigenvalue weighted by Crippen LogP contribution is -2.44. The Kier molecular flexibility index (Phi) is 3.98. The third-order valence-electron chi connectivity index (χ3n) is 3.07. The number of hydrogen-bond acceptors (Lipinski definition) is 3. The van der Waals surface area contributed by atoms with E-state index in [0.717, 1.165) is 10.9 Å². The Hall–Kier alpha value is -2.43. The van der Waals surface area contributed by atoms with Gasteiger partial charge in [-0.05, 0) is 18.1 Å². The first-order valence-corrected chi connectivity index (χ1v) is 6.37. The van der Waals surface area contributed by atoms with E-state index in [2.05, 4.69) is 10.3 Å². The standard InChI is InChI=1S/C15H16N2O3/c1-9(2)13(15(19)20)17-14(18)11-7-10-5-3-4-6-12(10)16-8-11/h3-9,13H,1-2H3,(H,17,18)(H,19,20)/t13-/m0/s1. The van der Waals surface area contributed by atoms with Gasteiger partial charge in [0.1, 0.15) is 6.04 Å². The number of amides is 1. The molecule has 2 rings (SSSR count). The summed E-state index contributed by atoms with van der Waals surface area (Å²) >= 11 is 0. The number of aliphatic carboxylic acids is 1. The summed E-state index contributed by atoms with van der Waals surface area (Å²) in [6.45, 7) is 3.50. The summed E-state index contributed by atoms with van der Waals surface area (Å²) in [4.78, 5) is 27.4. The molecule has 0 radical (unpaired) electrons. The van der Waals surface area contributed by atoms with Gasteiger partial charge in [0.2, 0.25) is 0 Å². The van der Waals surface area contributed by atoms with Gasteiger partial charge in [-0.1, -0.05) is 32.0 Å². The molecule has 0 fully saturated rings. The number of fused-ring (bicyclic) bond motifs is 1. The number of carbonyl (C=O) groups excluding carboxylic acids is 1. The maximum Gasteiger partial charge on any atom is 0.326 e. The van der Waals surface area contributed by atoms with Crippen molar-refractivity contribution in [3.8, 4) is 0 Å². The summed E-state index contributed by atoms with van der Waals surface area (Å²) in [6.07, 6.45) is 1.46. The highest BCUT2D eigenvalue weighted by Gasteiger charge is 2.24. The van der Waals surface area contributed by atoms with E-state index in [1.54, 1.807) is 19.9 Å². The summed E-state index contributed by atoms with van der Waals surface area (Å²) in [7, 11) is 0. The molecular weight excluding hydrogens is 256 g/mol. The molecule has 1 aromatic heterocycles. The molecule has 20 heavy (non-hydrogen) atoms. The van der Waals surface area contributed by atoms with Crippen LogP contribution in [0.1, 0.15) is 24.2 Å². The molecule has 0 aliphatic carbocycles. The van der Waals surface area contributed by atoms with Crippen LogP contribution in [0, 0.1) is 5.92 Å². The highest BCUT2D eigenvalue weighted by Crippen LogP contribution is 2.13. The number of carboxylic acid groups (broad SMARTS) is 1. The molecule has 1 heterocycles. The molecule has 5 nitrogen and oxygen atoms in total. The van der Waals surface area contributed by atoms with E-state index < -0.39 is 17.9 Å². The highest BCUT2D eigenvalue weighted by molar-refractivity contribution is 5.99. The predicted molar refractivity (Wildman–Crippen MR) is 75.5 cm³/mol. The van der Waals surface area contributed by atoms with E-state index in [0.29, 0.717) is 5.56 Å². The van der Waals surface area contributed by atoms with Crippen molar-refractivity contribution in [1.82, 2.24) is 10.3 Å². The fourth-order valence-corrected chi connectivity index (χ4v) is 1.93. The second-order valence-corrected chi connectivity index (χ2v) is 4.95. The molecule has 0 saturated heterocycles. The molecule has 2 N–H and O–H groups in total. The van der Waals surface area contributed by atoms with Crippen LogP contribution in [0.25, 0.3) is 10.9 Å². The fraction of sp³-hybridized carbons (Fsp3) is 0.267. The van der Waals surface area contributed by atoms with Gasteiger partial charge < -0.3 is 10.4 Å². The number of para-hydroxylation sites is 1. The second kappa shape index (κ2) is 5.69. The average Bonchev–Trinajstić information content (AvgIpc) is 2.43. The molecule has 1 amide bonds. The minimum absolute atomic E-state index is 0.190. The lowest BCUT2D eigenvalue weighted by Gasteiger charge is -2.17. The number of aromatic nitrogens is 1. The minimum atomic E-state index is -1.04. The lowest BCUT2D eigenvalue weighted by atomic mass is 10.0. The van der Waals surface area contributed by atoms with Crippen molar-refractivity contribution in [3.05, 3.63) is 42.1 Å². The summed E-state index contributed by atoms with van der Waals surface area (Å²) in [5, 5.41) is 12.4. The van der Waals surface area contributed by atoms with Crippen LogP contribution in [0.2, 0.25) is 0 Å². The van der Waals surface area contributed by atoms with E-state index >= 15 is 0 Å². The number of pyridine rings is 1. The highest BCUT2D eigenvalue weighted by atomic mass is 16.4. The number of nitrogens with one attached hydrogen (secondary N) is 1. The van der Waals surface area contributed by atoms with Gasteiger partial charge in [0.15, 0.2) is 0 Å². The Morgan fingerprint density at radius 1 is 1.25 bits per heavy atom.